The average molecular weight is 397 g/mol. The van der Waals surface area contributed by atoms with Gasteiger partial charge in [-0.15, -0.1) is 11.3 Å². The number of carbonyl (C=O) groups is 1. The molecule has 6 nitrogen and oxygen atoms in total. The predicted molar refractivity (Wildman–Crippen MR) is 107 cm³/mol. The fourth-order valence-corrected chi connectivity index (χ4v) is 3.99. The van der Waals surface area contributed by atoms with Crippen LogP contribution in [0.3, 0.4) is 0 Å². The van der Waals surface area contributed by atoms with Gasteiger partial charge < -0.3 is 10.2 Å². The van der Waals surface area contributed by atoms with E-state index in [0.717, 1.165) is 48.0 Å². The summed E-state index contributed by atoms with van der Waals surface area (Å²) < 4.78 is 13.0. The molecule has 0 bridgehead atoms. The molecule has 4 rings (SSSR count). The predicted octanol–water partition coefficient (Wildman–Crippen LogP) is 3.31. The number of nitrogens with one attached hydrogen (secondary N) is 1. The van der Waals surface area contributed by atoms with E-state index >= 15 is 0 Å². The molecular formula is C20H20FN5OS. The summed E-state index contributed by atoms with van der Waals surface area (Å²) in [7, 11) is 0. The molecule has 28 heavy (non-hydrogen) atoms. The first kappa shape index (κ1) is 18.5. The largest absolute Gasteiger partial charge is 0.357 e. The van der Waals surface area contributed by atoms with E-state index in [-0.39, 0.29) is 11.7 Å². The third-order valence-electron chi connectivity index (χ3n) is 4.62. The third-order valence-corrected chi connectivity index (χ3v) is 5.57. The van der Waals surface area contributed by atoms with Gasteiger partial charge in [-0.3, -0.25) is 4.79 Å². The van der Waals surface area contributed by atoms with Crippen molar-refractivity contribution in [3.05, 3.63) is 59.2 Å². The van der Waals surface area contributed by atoms with Crippen LogP contribution in [0.25, 0.3) is 10.6 Å². The molecule has 1 fully saturated rings. The van der Waals surface area contributed by atoms with Crippen LogP contribution in [0.2, 0.25) is 0 Å². The Kier molecular flexibility index (Phi) is 5.57. The molecular weight excluding hydrogens is 377 g/mol. The smallest absolute Gasteiger partial charge is 0.270 e. The summed E-state index contributed by atoms with van der Waals surface area (Å²) in [6.07, 6.45) is 4.36. The standard InChI is InChI=1S/C20H20FN5OS/c21-15-5-3-14(4-6-15)20-25-16(12-28-20)7-8-22-19(27)17-11-18(24-13-23-17)26-9-1-2-10-26/h3-6,11-13H,1-2,7-10H2,(H,22,27). The highest BCUT2D eigenvalue weighted by Crippen LogP contribution is 2.24. The van der Waals surface area contributed by atoms with Gasteiger partial charge in [0.1, 0.15) is 28.7 Å². The molecule has 0 saturated carbocycles. The number of aromatic nitrogens is 3. The van der Waals surface area contributed by atoms with Gasteiger partial charge in [-0.1, -0.05) is 0 Å². The number of benzene rings is 1. The minimum atomic E-state index is -0.263. The fraction of sp³-hybridized carbons (Fsp3) is 0.300. The Hall–Kier alpha value is -2.87. The first-order valence-electron chi connectivity index (χ1n) is 9.24. The van der Waals surface area contributed by atoms with Gasteiger partial charge in [0.25, 0.3) is 5.91 Å². The number of halogens is 1. The summed E-state index contributed by atoms with van der Waals surface area (Å²) >= 11 is 1.51. The molecule has 3 aromatic rings. The zero-order chi connectivity index (χ0) is 19.3. The van der Waals surface area contributed by atoms with Crippen LogP contribution in [-0.4, -0.2) is 40.5 Å². The van der Waals surface area contributed by atoms with Crippen molar-refractivity contribution in [2.45, 2.75) is 19.3 Å². The van der Waals surface area contributed by atoms with Crippen LogP contribution in [0.5, 0.6) is 0 Å². The number of carbonyl (C=O) groups excluding carboxylic acids is 1. The molecule has 1 aromatic carbocycles. The highest BCUT2D eigenvalue weighted by atomic mass is 32.1. The quantitative estimate of drug-likeness (QED) is 0.691. The summed E-state index contributed by atoms with van der Waals surface area (Å²) in [4.78, 5) is 27.5. The molecule has 0 unspecified atom stereocenters. The zero-order valence-corrected chi connectivity index (χ0v) is 16.1. The van der Waals surface area contributed by atoms with Crippen molar-refractivity contribution in [3.63, 3.8) is 0 Å². The minimum Gasteiger partial charge on any atom is -0.357 e. The Labute approximate surface area is 166 Å². The normalized spacial score (nSPS) is 13.7. The van der Waals surface area contributed by atoms with E-state index in [1.165, 1.54) is 29.8 Å². The Morgan fingerprint density at radius 3 is 2.75 bits per heavy atom. The second kappa shape index (κ2) is 8.43. The van der Waals surface area contributed by atoms with Crippen LogP contribution in [0.4, 0.5) is 10.2 Å². The molecule has 1 N–H and O–H groups in total. The van der Waals surface area contributed by atoms with Crippen molar-refractivity contribution in [3.8, 4) is 10.6 Å². The van der Waals surface area contributed by atoms with Crippen molar-refractivity contribution < 1.29 is 9.18 Å². The van der Waals surface area contributed by atoms with E-state index in [1.54, 1.807) is 18.2 Å². The molecule has 8 heteroatoms. The lowest BCUT2D eigenvalue weighted by molar-refractivity contribution is 0.0949. The van der Waals surface area contributed by atoms with E-state index in [2.05, 4.69) is 25.2 Å². The number of hydrogen-bond donors (Lipinski definition) is 1. The number of hydrogen-bond acceptors (Lipinski definition) is 6. The zero-order valence-electron chi connectivity index (χ0n) is 15.3. The van der Waals surface area contributed by atoms with Gasteiger partial charge in [0.05, 0.1) is 5.69 Å². The highest BCUT2D eigenvalue weighted by molar-refractivity contribution is 7.13. The van der Waals surface area contributed by atoms with Gasteiger partial charge >= 0.3 is 0 Å². The van der Waals surface area contributed by atoms with Gasteiger partial charge in [-0.25, -0.2) is 19.3 Å². The summed E-state index contributed by atoms with van der Waals surface area (Å²) in [5.41, 5.74) is 2.16. The third kappa shape index (κ3) is 4.33. The first-order valence-corrected chi connectivity index (χ1v) is 10.1. The summed E-state index contributed by atoms with van der Waals surface area (Å²) in [5.74, 6) is 0.332. The summed E-state index contributed by atoms with van der Waals surface area (Å²) in [6.45, 7) is 2.41. The van der Waals surface area contributed by atoms with Crippen molar-refractivity contribution >= 4 is 23.1 Å². The Bertz CT molecular complexity index is 953. The molecule has 1 amide bonds. The fourth-order valence-electron chi connectivity index (χ4n) is 3.13. The van der Waals surface area contributed by atoms with Gasteiger partial charge in [-0.05, 0) is 37.1 Å². The first-order chi connectivity index (χ1) is 13.7. The van der Waals surface area contributed by atoms with Crippen LogP contribution in [0.1, 0.15) is 29.0 Å². The number of anilines is 1. The maximum atomic E-state index is 13.0. The maximum Gasteiger partial charge on any atom is 0.270 e. The number of amides is 1. The summed E-state index contributed by atoms with van der Waals surface area (Å²) in [5, 5.41) is 5.69. The van der Waals surface area contributed by atoms with Crippen molar-refractivity contribution in [2.24, 2.45) is 0 Å². The summed E-state index contributed by atoms with van der Waals surface area (Å²) in [6, 6.07) is 8.03. The molecule has 144 valence electrons. The molecule has 0 aliphatic carbocycles. The number of nitrogens with zero attached hydrogens (tertiary/aromatic N) is 4. The minimum absolute atomic E-state index is 0.211. The molecule has 1 aliphatic heterocycles. The average Bonchev–Trinajstić information content (AvgIpc) is 3.41. The second-order valence-electron chi connectivity index (χ2n) is 6.61. The highest BCUT2D eigenvalue weighted by Gasteiger charge is 2.16. The molecule has 1 aliphatic rings. The molecule has 2 aromatic heterocycles. The van der Waals surface area contributed by atoms with Crippen molar-refractivity contribution in [1.82, 2.24) is 20.3 Å². The van der Waals surface area contributed by atoms with Gasteiger partial charge in [0.2, 0.25) is 0 Å². The number of thiazole rings is 1. The van der Waals surface area contributed by atoms with Crippen molar-refractivity contribution in [1.29, 1.82) is 0 Å². The lowest BCUT2D eigenvalue weighted by Gasteiger charge is -2.16. The van der Waals surface area contributed by atoms with E-state index in [0.29, 0.717) is 18.7 Å². The second-order valence-corrected chi connectivity index (χ2v) is 7.47. The molecule has 1 saturated heterocycles. The Morgan fingerprint density at radius 2 is 1.96 bits per heavy atom. The van der Waals surface area contributed by atoms with Crippen LogP contribution in [-0.2, 0) is 6.42 Å². The van der Waals surface area contributed by atoms with E-state index < -0.39 is 0 Å². The Balaban J connectivity index is 1.32. The Morgan fingerprint density at radius 1 is 1.18 bits per heavy atom. The van der Waals surface area contributed by atoms with E-state index in [4.69, 9.17) is 0 Å². The van der Waals surface area contributed by atoms with Crippen LogP contribution < -0.4 is 10.2 Å². The SMILES string of the molecule is O=C(NCCc1csc(-c2ccc(F)cc2)n1)c1cc(N2CCCC2)ncn1. The van der Waals surface area contributed by atoms with Crippen LogP contribution in [0.15, 0.2) is 42.0 Å². The molecule has 0 atom stereocenters. The van der Waals surface area contributed by atoms with E-state index in [9.17, 15) is 9.18 Å². The number of rotatable bonds is 6. The lowest BCUT2D eigenvalue weighted by Crippen LogP contribution is -2.27. The topological polar surface area (TPSA) is 71.0 Å². The molecule has 0 radical (unpaired) electrons. The van der Waals surface area contributed by atoms with Crippen molar-refractivity contribution in [2.75, 3.05) is 24.5 Å². The van der Waals surface area contributed by atoms with Gasteiger partial charge in [0, 0.05) is 43.1 Å². The monoisotopic (exact) mass is 397 g/mol. The molecule has 0 spiro atoms. The molecule has 3 heterocycles. The van der Waals surface area contributed by atoms with Crippen LogP contribution >= 0.6 is 11.3 Å². The maximum absolute atomic E-state index is 13.0. The lowest BCUT2D eigenvalue weighted by atomic mass is 10.2. The van der Waals surface area contributed by atoms with Gasteiger partial charge in [0.15, 0.2) is 0 Å². The van der Waals surface area contributed by atoms with E-state index in [1.807, 2.05) is 5.38 Å². The van der Waals surface area contributed by atoms with Crippen LogP contribution in [0, 0.1) is 5.82 Å². The van der Waals surface area contributed by atoms with Gasteiger partial charge in [-0.2, -0.15) is 0 Å².